The molecule has 0 bridgehead atoms. The first-order valence-corrected chi connectivity index (χ1v) is 9.88. The van der Waals surface area contributed by atoms with Gasteiger partial charge >= 0.3 is 0 Å². The minimum atomic E-state index is -0.595. The molecule has 28 heavy (non-hydrogen) atoms. The molecule has 0 radical (unpaired) electrons. The van der Waals surface area contributed by atoms with E-state index in [0.717, 1.165) is 17.5 Å². The van der Waals surface area contributed by atoms with Crippen LogP contribution in [0.1, 0.15) is 55.4 Å². The number of carbonyl (C=O) groups is 1. The molecule has 3 aromatic rings. The fourth-order valence-electron chi connectivity index (χ4n) is 3.10. The zero-order valence-electron chi connectivity index (χ0n) is 16.3. The van der Waals surface area contributed by atoms with E-state index in [2.05, 4.69) is 10.1 Å². The van der Waals surface area contributed by atoms with Gasteiger partial charge in [-0.25, -0.2) is 0 Å². The van der Waals surface area contributed by atoms with Crippen molar-refractivity contribution in [1.29, 1.82) is 0 Å². The Labute approximate surface area is 174 Å². The minimum absolute atomic E-state index is 0.115. The summed E-state index contributed by atoms with van der Waals surface area (Å²) in [5.74, 6) is -0.0132. The van der Waals surface area contributed by atoms with Crippen LogP contribution in [0.15, 0.2) is 47.0 Å². The smallest absolute Gasteiger partial charge is 0.257 e. The van der Waals surface area contributed by atoms with E-state index in [1.54, 1.807) is 30.3 Å². The molecule has 0 fully saturated rings. The quantitative estimate of drug-likeness (QED) is 0.438. The fraction of sp³-hybridized carbons (Fsp3) is 0.318. The lowest BCUT2D eigenvalue weighted by molar-refractivity contribution is 0.0888. The Kier molecular flexibility index (Phi) is 5.92. The third kappa shape index (κ3) is 4.29. The summed E-state index contributed by atoms with van der Waals surface area (Å²) >= 11 is 12.3. The molecule has 3 rings (SSSR count). The zero-order chi connectivity index (χ0) is 20.5. The molecule has 1 atom stereocenters. The van der Waals surface area contributed by atoms with Crippen LogP contribution < -0.4 is 0 Å². The van der Waals surface area contributed by atoms with Crippen molar-refractivity contribution < 1.29 is 9.32 Å². The number of aryl methyl sites for hydroxylation is 1. The number of hydrogen-bond donors (Lipinski definition) is 0. The molecule has 1 unspecified atom stereocenters. The Morgan fingerprint density at radius 3 is 2.39 bits per heavy atom. The van der Waals surface area contributed by atoms with Crippen LogP contribution in [0, 0.1) is 5.41 Å². The van der Waals surface area contributed by atoms with Crippen molar-refractivity contribution in [3.05, 3.63) is 69.5 Å². The Balaban J connectivity index is 2.02. The highest BCUT2D eigenvalue weighted by Crippen LogP contribution is 2.38. The third-order valence-corrected chi connectivity index (χ3v) is 5.21. The van der Waals surface area contributed by atoms with Crippen LogP contribution in [0.4, 0.5) is 0 Å². The van der Waals surface area contributed by atoms with Gasteiger partial charge in [-0.2, -0.15) is 4.98 Å². The molecule has 0 aliphatic rings. The number of aromatic nitrogens is 2. The maximum Gasteiger partial charge on any atom is 0.257 e. The van der Waals surface area contributed by atoms with E-state index in [-0.39, 0.29) is 5.78 Å². The van der Waals surface area contributed by atoms with Crippen molar-refractivity contribution >= 4 is 29.0 Å². The zero-order valence-corrected chi connectivity index (χ0v) is 17.8. The highest BCUT2D eigenvalue weighted by atomic mass is 35.5. The summed E-state index contributed by atoms with van der Waals surface area (Å²) in [6.07, 6.45) is 0.820. The molecule has 0 aliphatic heterocycles. The van der Waals surface area contributed by atoms with Crippen molar-refractivity contribution in [3.63, 3.8) is 0 Å². The lowest BCUT2D eigenvalue weighted by Gasteiger charge is -2.27. The lowest BCUT2D eigenvalue weighted by atomic mass is 9.75. The van der Waals surface area contributed by atoms with Crippen LogP contribution in [-0.4, -0.2) is 15.9 Å². The van der Waals surface area contributed by atoms with E-state index in [4.69, 9.17) is 27.7 Å². The molecule has 0 amide bonds. The average Bonchev–Trinajstić information content (AvgIpc) is 3.11. The van der Waals surface area contributed by atoms with Gasteiger partial charge < -0.3 is 4.52 Å². The van der Waals surface area contributed by atoms with E-state index in [1.165, 1.54) is 0 Å². The summed E-state index contributed by atoms with van der Waals surface area (Å²) in [6, 6.07) is 12.7. The van der Waals surface area contributed by atoms with Gasteiger partial charge in [0.1, 0.15) is 0 Å². The minimum Gasteiger partial charge on any atom is -0.334 e. The van der Waals surface area contributed by atoms with E-state index < -0.39 is 11.3 Å². The van der Waals surface area contributed by atoms with Crippen molar-refractivity contribution in [2.24, 2.45) is 5.41 Å². The monoisotopic (exact) mass is 416 g/mol. The number of carbonyl (C=O) groups excluding carboxylic acids is 1. The number of nitrogens with zero attached hydrogens (tertiary/aromatic N) is 2. The lowest BCUT2D eigenvalue weighted by Crippen LogP contribution is -2.28. The Hall–Kier alpha value is -2.17. The summed E-state index contributed by atoms with van der Waals surface area (Å²) in [5.41, 5.74) is 1.85. The Morgan fingerprint density at radius 2 is 1.79 bits per heavy atom. The van der Waals surface area contributed by atoms with Crippen molar-refractivity contribution in [1.82, 2.24) is 10.1 Å². The van der Waals surface area contributed by atoms with Gasteiger partial charge in [0.05, 0.1) is 10.9 Å². The highest BCUT2D eigenvalue weighted by molar-refractivity contribution is 6.34. The number of benzene rings is 2. The largest absolute Gasteiger partial charge is 0.334 e. The van der Waals surface area contributed by atoms with Crippen molar-refractivity contribution in [2.75, 3.05) is 0 Å². The number of hydrogen-bond acceptors (Lipinski definition) is 4. The van der Waals surface area contributed by atoms with Gasteiger partial charge in [0.2, 0.25) is 0 Å². The molecule has 146 valence electrons. The van der Waals surface area contributed by atoms with Gasteiger partial charge in [-0.1, -0.05) is 62.1 Å². The maximum atomic E-state index is 13.4. The highest BCUT2D eigenvalue weighted by Gasteiger charge is 2.38. The number of ketones is 1. The van der Waals surface area contributed by atoms with Crippen molar-refractivity contribution in [2.45, 2.75) is 40.0 Å². The van der Waals surface area contributed by atoms with Crippen LogP contribution in [0.25, 0.3) is 11.5 Å². The first-order valence-electron chi connectivity index (χ1n) is 9.13. The van der Waals surface area contributed by atoms with Crippen molar-refractivity contribution in [3.8, 4) is 11.5 Å². The van der Waals surface area contributed by atoms with Gasteiger partial charge in [-0.15, -0.1) is 0 Å². The van der Waals surface area contributed by atoms with E-state index >= 15 is 0 Å². The first-order chi connectivity index (χ1) is 13.2. The Bertz CT molecular complexity index is 989. The van der Waals surface area contributed by atoms with E-state index in [9.17, 15) is 4.79 Å². The first kappa shape index (κ1) is 20.6. The van der Waals surface area contributed by atoms with Crippen LogP contribution >= 0.6 is 23.2 Å². The number of halogens is 2. The standard InChI is InChI=1S/C22H22Cl2N2O2/c1-5-13-6-11-17(24)16(12-13)19(27)18(22(2,3)4)20-25-21(28-26-20)14-7-9-15(23)10-8-14/h6-12,18H,5H2,1-4H3. The molecular formula is C22H22Cl2N2O2. The van der Waals surface area contributed by atoms with Gasteiger partial charge in [0, 0.05) is 16.1 Å². The molecule has 4 nitrogen and oxygen atoms in total. The molecule has 2 aromatic carbocycles. The molecule has 1 aromatic heterocycles. The summed E-state index contributed by atoms with van der Waals surface area (Å²) in [5, 5.41) is 5.17. The van der Waals surface area contributed by atoms with Crippen LogP contribution in [0.3, 0.4) is 0 Å². The molecule has 0 spiro atoms. The van der Waals surface area contributed by atoms with Crippen LogP contribution in [-0.2, 0) is 6.42 Å². The van der Waals surface area contributed by atoms with Gasteiger partial charge in [0.25, 0.3) is 5.89 Å². The second-order valence-corrected chi connectivity index (χ2v) is 8.64. The van der Waals surface area contributed by atoms with E-state index in [0.29, 0.717) is 27.3 Å². The molecule has 0 saturated heterocycles. The van der Waals surface area contributed by atoms with Gasteiger partial charge in [-0.3, -0.25) is 4.79 Å². The fourth-order valence-corrected chi connectivity index (χ4v) is 3.43. The predicted octanol–water partition coefficient (Wildman–Crippen LogP) is 6.62. The summed E-state index contributed by atoms with van der Waals surface area (Å²) in [6.45, 7) is 7.97. The van der Waals surface area contributed by atoms with Crippen LogP contribution in [0.2, 0.25) is 10.0 Å². The molecule has 0 aliphatic carbocycles. The number of rotatable bonds is 5. The summed E-state index contributed by atoms with van der Waals surface area (Å²) in [7, 11) is 0. The number of Topliss-reactive ketones (excluding diaryl/α,β-unsaturated/α-hetero) is 1. The second kappa shape index (κ2) is 8.06. The summed E-state index contributed by atoms with van der Waals surface area (Å²) < 4.78 is 5.44. The van der Waals surface area contributed by atoms with Gasteiger partial charge in [0.15, 0.2) is 11.6 Å². The third-order valence-electron chi connectivity index (χ3n) is 4.62. The maximum absolute atomic E-state index is 13.4. The average molecular weight is 417 g/mol. The second-order valence-electron chi connectivity index (χ2n) is 7.80. The normalized spacial score (nSPS) is 12.8. The predicted molar refractivity (Wildman–Crippen MR) is 112 cm³/mol. The molecule has 1 heterocycles. The van der Waals surface area contributed by atoms with E-state index in [1.807, 2.05) is 39.8 Å². The molecule has 6 heteroatoms. The molecule has 0 N–H and O–H groups in total. The Morgan fingerprint density at radius 1 is 1.11 bits per heavy atom. The SMILES string of the molecule is CCc1ccc(Cl)c(C(=O)C(c2noc(-c3ccc(Cl)cc3)n2)C(C)(C)C)c1. The molecule has 0 saturated carbocycles. The van der Waals surface area contributed by atoms with Crippen LogP contribution in [0.5, 0.6) is 0 Å². The molecular weight excluding hydrogens is 395 g/mol. The van der Waals surface area contributed by atoms with Gasteiger partial charge in [-0.05, 0) is 53.8 Å². The topological polar surface area (TPSA) is 56.0 Å². The summed E-state index contributed by atoms with van der Waals surface area (Å²) in [4.78, 5) is 18.0.